The van der Waals surface area contributed by atoms with Crippen LogP contribution in [0.1, 0.15) is 5.56 Å². The fraction of sp³-hybridized carbons (Fsp3) is 0.273. The van der Waals surface area contributed by atoms with Crippen LogP contribution in [0.4, 0.5) is 5.82 Å². The number of hydrogen-bond acceptors (Lipinski definition) is 5. The first kappa shape index (κ1) is 18.1. The van der Waals surface area contributed by atoms with Crippen LogP contribution >= 0.6 is 0 Å². The van der Waals surface area contributed by atoms with Gasteiger partial charge in [-0.3, -0.25) is 5.10 Å². The molecule has 5 rings (SSSR count). The van der Waals surface area contributed by atoms with E-state index in [0.717, 1.165) is 33.5 Å². The molecule has 3 aromatic rings. The predicted molar refractivity (Wildman–Crippen MR) is 116 cm³/mol. The quantitative estimate of drug-likeness (QED) is 0.707. The third kappa shape index (κ3) is 3.25. The molecule has 2 atom stereocenters. The molecule has 0 radical (unpaired) electrons. The van der Waals surface area contributed by atoms with Crippen LogP contribution in [0.2, 0.25) is 0 Å². The van der Waals surface area contributed by atoms with E-state index < -0.39 is 15.1 Å². The summed E-state index contributed by atoms with van der Waals surface area (Å²) in [6.07, 6.45) is 9.32. The highest BCUT2D eigenvalue weighted by Gasteiger charge is 2.36. The molecule has 2 unspecified atom stereocenters. The second-order valence-corrected chi connectivity index (χ2v) is 10.0. The lowest BCUT2D eigenvalue weighted by atomic mass is 9.99. The zero-order chi connectivity index (χ0) is 20.0. The number of allylic oxidation sites excluding steroid dienone is 2. The normalized spacial score (nSPS) is 23.1. The van der Waals surface area contributed by atoms with Crippen LogP contribution < -0.4 is 4.90 Å². The number of H-pyrrole nitrogens is 1. The Balaban J connectivity index is 1.63. The van der Waals surface area contributed by atoms with Gasteiger partial charge in [0.2, 0.25) is 0 Å². The number of fused-ring (bicyclic) bond motifs is 2. The Kier molecular flexibility index (Phi) is 4.28. The molecular weight excluding hydrogens is 384 g/mol. The molecule has 2 aliphatic rings. The minimum Gasteiger partial charge on any atom is -0.355 e. The summed E-state index contributed by atoms with van der Waals surface area (Å²) in [6, 6.07) is 10.2. The number of aromatic nitrogens is 3. The highest BCUT2D eigenvalue weighted by molar-refractivity contribution is 7.92. The van der Waals surface area contributed by atoms with Crippen molar-refractivity contribution in [2.75, 3.05) is 23.7 Å². The van der Waals surface area contributed by atoms with Crippen molar-refractivity contribution < 1.29 is 8.42 Å². The highest BCUT2D eigenvalue weighted by Crippen LogP contribution is 2.33. The van der Waals surface area contributed by atoms with E-state index in [2.05, 4.69) is 28.1 Å². The number of nitrogens with zero attached hydrogens (tertiary/aromatic N) is 3. The highest BCUT2D eigenvalue weighted by atomic mass is 32.2. The van der Waals surface area contributed by atoms with E-state index in [1.807, 2.05) is 48.6 Å². The van der Waals surface area contributed by atoms with Gasteiger partial charge in [-0.2, -0.15) is 5.10 Å². The Bertz CT molecular complexity index is 1230. The Labute approximate surface area is 169 Å². The van der Waals surface area contributed by atoms with E-state index in [4.69, 9.17) is 4.98 Å². The van der Waals surface area contributed by atoms with Gasteiger partial charge in [0.1, 0.15) is 5.82 Å². The first-order valence-electron chi connectivity index (χ1n) is 9.74. The van der Waals surface area contributed by atoms with Gasteiger partial charge in [0.15, 0.2) is 9.84 Å². The minimum absolute atomic E-state index is 0.0707. The standard InChI is InChI=1S/C22H22N4O2S/c1-15-6-7-19-17(12-15)18(20-8-9-23-25-20)13-22(24-19)26-10-11-29(27,28)21-5-3-2-4-16(21)14-26/h2-9,12-13,16,21H,10-11,14H2,1H3,(H,23,25). The Morgan fingerprint density at radius 1 is 1.14 bits per heavy atom. The van der Waals surface area contributed by atoms with Crippen molar-refractivity contribution in [2.24, 2.45) is 5.92 Å². The van der Waals surface area contributed by atoms with Gasteiger partial charge >= 0.3 is 0 Å². The summed E-state index contributed by atoms with van der Waals surface area (Å²) in [4.78, 5) is 6.99. The number of sulfone groups is 1. The number of pyridine rings is 1. The molecule has 0 bridgehead atoms. The molecule has 1 N–H and O–H groups in total. The van der Waals surface area contributed by atoms with Crippen LogP contribution in [0.5, 0.6) is 0 Å². The molecule has 0 saturated carbocycles. The number of benzene rings is 1. The molecule has 1 aliphatic carbocycles. The summed E-state index contributed by atoms with van der Waals surface area (Å²) in [5, 5.41) is 7.76. The number of aromatic amines is 1. The SMILES string of the molecule is Cc1ccc2nc(N3CCS(=O)(=O)C4C=CC=CC4C3)cc(-c3ccn[nH]3)c2c1. The largest absolute Gasteiger partial charge is 0.355 e. The second kappa shape index (κ2) is 6.84. The van der Waals surface area contributed by atoms with Gasteiger partial charge in [-0.15, -0.1) is 0 Å². The van der Waals surface area contributed by atoms with Crippen molar-refractivity contribution >= 4 is 26.6 Å². The smallest absolute Gasteiger partial charge is 0.159 e. The van der Waals surface area contributed by atoms with E-state index in [9.17, 15) is 8.42 Å². The molecule has 0 amide bonds. The van der Waals surface area contributed by atoms with Crippen molar-refractivity contribution in [3.05, 3.63) is 66.4 Å². The number of aryl methyl sites for hydroxylation is 1. The number of rotatable bonds is 2. The number of hydrogen-bond donors (Lipinski definition) is 1. The second-order valence-electron chi connectivity index (χ2n) is 7.73. The molecule has 1 saturated heterocycles. The summed E-state index contributed by atoms with van der Waals surface area (Å²) < 4.78 is 25.5. The van der Waals surface area contributed by atoms with Crippen LogP contribution in [-0.4, -0.2) is 47.7 Å². The van der Waals surface area contributed by atoms with Gasteiger partial charge in [0.25, 0.3) is 0 Å². The maximum absolute atomic E-state index is 12.8. The average molecular weight is 407 g/mol. The van der Waals surface area contributed by atoms with E-state index in [0.29, 0.717) is 13.1 Å². The summed E-state index contributed by atoms with van der Waals surface area (Å²) in [6.45, 7) is 3.12. The summed E-state index contributed by atoms with van der Waals surface area (Å²) >= 11 is 0. The zero-order valence-corrected chi connectivity index (χ0v) is 16.9. The maximum Gasteiger partial charge on any atom is 0.159 e. The molecule has 0 spiro atoms. The van der Waals surface area contributed by atoms with Crippen molar-refractivity contribution in [1.29, 1.82) is 0 Å². The molecule has 1 aliphatic heterocycles. The zero-order valence-electron chi connectivity index (χ0n) is 16.1. The average Bonchev–Trinajstić information content (AvgIpc) is 3.21. The molecule has 29 heavy (non-hydrogen) atoms. The van der Waals surface area contributed by atoms with Gasteiger partial charge in [-0.25, -0.2) is 13.4 Å². The first-order valence-corrected chi connectivity index (χ1v) is 11.5. The van der Waals surface area contributed by atoms with E-state index in [1.165, 1.54) is 0 Å². The van der Waals surface area contributed by atoms with Crippen LogP contribution in [-0.2, 0) is 9.84 Å². The number of anilines is 1. The Hall–Kier alpha value is -2.93. The lowest BCUT2D eigenvalue weighted by molar-refractivity contribution is 0.571. The molecule has 2 aromatic heterocycles. The van der Waals surface area contributed by atoms with Gasteiger partial charge in [0.05, 0.1) is 22.2 Å². The lowest BCUT2D eigenvalue weighted by Crippen LogP contribution is -2.33. The molecule has 7 heteroatoms. The topological polar surface area (TPSA) is 79.0 Å². The first-order chi connectivity index (χ1) is 14.0. The van der Waals surface area contributed by atoms with Crippen molar-refractivity contribution in [1.82, 2.24) is 15.2 Å². The van der Waals surface area contributed by atoms with Crippen molar-refractivity contribution in [3.8, 4) is 11.3 Å². The van der Waals surface area contributed by atoms with Crippen molar-refractivity contribution in [3.63, 3.8) is 0 Å². The fourth-order valence-electron chi connectivity index (χ4n) is 4.23. The van der Waals surface area contributed by atoms with E-state index in [-0.39, 0.29) is 11.7 Å². The lowest BCUT2D eigenvalue weighted by Gasteiger charge is -2.27. The van der Waals surface area contributed by atoms with E-state index >= 15 is 0 Å². The fourth-order valence-corrected chi connectivity index (χ4v) is 6.01. The maximum atomic E-state index is 12.8. The Morgan fingerprint density at radius 3 is 2.83 bits per heavy atom. The molecular formula is C22H22N4O2S. The van der Waals surface area contributed by atoms with Gasteiger partial charge in [-0.05, 0) is 31.2 Å². The van der Waals surface area contributed by atoms with Crippen molar-refractivity contribution in [2.45, 2.75) is 12.2 Å². The summed E-state index contributed by atoms with van der Waals surface area (Å²) in [5.41, 5.74) is 4.00. The molecule has 3 heterocycles. The van der Waals surface area contributed by atoms with Gasteiger partial charge < -0.3 is 4.90 Å². The van der Waals surface area contributed by atoms with Crippen LogP contribution in [0, 0.1) is 12.8 Å². The van der Waals surface area contributed by atoms with E-state index in [1.54, 1.807) is 6.20 Å². The monoisotopic (exact) mass is 406 g/mol. The molecule has 1 aromatic carbocycles. The number of nitrogens with one attached hydrogen (secondary N) is 1. The molecule has 6 nitrogen and oxygen atoms in total. The minimum atomic E-state index is -3.19. The Morgan fingerprint density at radius 2 is 2.00 bits per heavy atom. The predicted octanol–water partition coefficient (Wildman–Crippen LogP) is 3.28. The van der Waals surface area contributed by atoms with Crippen LogP contribution in [0.3, 0.4) is 0 Å². The third-order valence-corrected chi connectivity index (χ3v) is 7.84. The summed E-state index contributed by atoms with van der Waals surface area (Å²) in [5.74, 6) is 0.850. The van der Waals surface area contributed by atoms with Crippen LogP contribution in [0.15, 0.2) is 60.8 Å². The summed E-state index contributed by atoms with van der Waals surface area (Å²) in [7, 11) is -3.19. The van der Waals surface area contributed by atoms with Crippen LogP contribution in [0.25, 0.3) is 22.2 Å². The molecule has 1 fully saturated rings. The molecule has 148 valence electrons. The van der Waals surface area contributed by atoms with Gasteiger partial charge in [0, 0.05) is 36.2 Å². The van der Waals surface area contributed by atoms with Gasteiger partial charge in [-0.1, -0.05) is 35.9 Å². The third-order valence-electron chi connectivity index (χ3n) is 5.75.